The molecule has 150 valence electrons. The number of piperidine rings is 2. The number of amides is 1. The van der Waals surface area contributed by atoms with Gasteiger partial charge in [0.25, 0.3) is 10.2 Å². The number of nitrogens with zero attached hydrogens (tertiary/aromatic N) is 3. The number of carbonyl (C=O) groups is 1. The summed E-state index contributed by atoms with van der Waals surface area (Å²) in [6.07, 6.45) is 1.98. The largest absolute Gasteiger partial charge is 0.339 e. The van der Waals surface area contributed by atoms with Gasteiger partial charge in [-0.1, -0.05) is 0 Å². The number of hydrogen-bond acceptors (Lipinski definition) is 3. The summed E-state index contributed by atoms with van der Waals surface area (Å²) in [6.45, 7) is 1.29. The summed E-state index contributed by atoms with van der Waals surface area (Å²) in [7, 11) is -0.464. The lowest BCUT2D eigenvalue weighted by molar-refractivity contribution is -0.137. The minimum atomic E-state index is -3.48. The lowest BCUT2D eigenvalue weighted by atomic mass is 9.84. The van der Waals surface area contributed by atoms with Gasteiger partial charge in [-0.05, 0) is 43.4 Å². The van der Waals surface area contributed by atoms with E-state index in [0.29, 0.717) is 26.1 Å². The molecule has 3 rings (SSSR count). The Kier molecular flexibility index (Phi) is 5.83. The molecule has 1 aromatic carbocycles. The fourth-order valence-corrected chi connectivity index (χ4v) is 5.24. The van der Waals surface area contributed by atoms with E-state index in [0.717, 1.165) is 31.0 Å². The molecular weight excluding hydrogens is 376 g/mol. The fraction of sp³-hybridized carbons (Fsp3) is 0.611. The third kappa shape index (κ3) is 4.14. The summed E-state index contributed by atoms with van der Waals surface area (Å²) in [6, 6.07) is 3.06. The summed E-state index contributed by atoms with van der Waals surface area (Å²) >= 11 is 0. The minimum absolute atomic E-state index is 0.0507. The number of carbonyl (C=O) groups excluding carboxylic acids is 1. The van der Waals surface area contributed by atoms with Crippen LogP contribution in [0.4, 0.5) is 8.78 Å². The first-order valence-electron chi connectivity index (χ1n) is 9.11. The average Bonchev–Trinajstić information content (AvgIpc) is 2.63. The van der Waals surface area contributed by atoms with Gasteiger partial charge in [-0.3, -0.25) is 4.79 Å². The normalized spacial score (nSPS) is 24.1. The van der Waals surface area contributed by atoms with Crippen molar-refractivity contribution in [2.75, 3.05) is 33.7 Å². The van der Waals surface area contributed by atoms with Gasteiger partial charge in [-0.25, -0.2) is 8.78 Å². The molecule has 0 aromatic heterocycles. The van der Waals surface area contributed by atoms with Crippen LogP contribution in [0.1, 0.15) is 24.8 Å². The van der Waals surface area contributed by atoms with Crippen LogP contribution in [-0.2, 0) is 21.4 Å². The molecule has 0 spiro atoms. The summed E-state index contributed by atoms with van der Waals surface area (Å²) in [5.74, 6) is -1.34. The van der Waals surface area contributed by atoms with Crippen molar-refractivity contribution < 1.29 is 22.0 Å². The molecule has 0 bridgehead atoms. The van der Waals surface area contributed by atoms with E-state index in [4.69, 9.17) is 0 Å². The lowest BCUT2D eigenvalue weighted by Crippen LogP contribution is -2.58. The molecule has 2 saturated heterocycles. The second-order valence-electron chi connectivity index (χ2n) is 7.41. The lowest BCUT2D eigenvalue weighted by Gasteiger charge is -2.47. The maximum absolute atomic E-state index is 13.9. The Balaban J connectivity index is 1.72. The molecular formula is C18H25F2N3O3S. The third-order valence-corrected chi connectivity index (χ3v) is 7.40. The smallest absolute Gasteiger partial charge is 0.281 e. The van der Waals surface area contributed by atoms with E-state index >= 15 is 0 Å². The topological polar surface area (TPSA) is 60.9 Å². The van der Waals surface area contributed by atoms with E-state index in [2.05, 4.69) is 0 Å². The zero-order valence-corrected chi connectivity index (χ0v) is 16.4. The standard InChI is InChI=1S/C18H25F2N3O3S/c1-21(2)27(25,26)22-9-7-17-13(12-22)4-3-8-23(17)18(24)11-14-10-15(19)5-6-16(14)20/h5-6,10,13,17H,3-4,7-9,11-12H2,1-2H3/t13-,17+/m0/s1. The van der Waals surface area contributed by atoms with Crippen molar-refractivity contribution in [3.8, 4) is 0 Å². The molecule has 1 amide bonds. The van der Waals surface area contributed by atoms with E-state index in [1.807, 2.05) is 0 Å². The summed E-state index contributed by atoms with van der Waals surface area (Å²) in [4.78, 5) is 14.5. The van der Waals surface area contributed by atoms with Crippen LogP contribution < -0.4 is 0 Å². The van der Waals surface area contributed by atoms with Crippen molar-refractivity contribution in [1.29, 1.82) is 0 Å². The van der Waals surface area contributed by atoms with Crippen LogP contribution in [0.3, 0.4) is 0 Å². The van der Waals surface area contributed by atoms with Gasteiger partial charge >= 0.3 is 0 Å². The molecule has 2 aliphatic heterocycles. The van der Waals surface area contributed by atoms with E-state index in [9.17, 15) is 22.0 Å². The highest BCUT2D eigenvalue weighted by atomic mass is 32.2. The highest BCUT2D eigenvalue weighted by Crippen LogP contribution is 2.32. The van der Waals surface area contributed by atoms with E-state index in [1.165, 1.54) is 22.7 Å². The van der Waals surface area contributed by atoms with Gasteiger partial charge < -0.3 is 4.90 Å². The average molecular weight is 401 g/mol. The third-order valence-electron chi connectivity index (χ3n) is 5.49. The number of halogens is 2. The Hall–Kier alpha value is -1.58. The van der Waals surface area contributed by atoms with Crippen LogP contribution in [0.2, 0.25) is 0 Å². The zero-order chi connectivity index (χ0) is 19.8. The molecule has 2 aliphatic rings. The van der Waals surface area contributed by atoms with Gasteiger partial charge in [-0.2, -0.15) is 17.0 Å². The number of hydrogen-bond donors (Lipinski definition) is 0. The number of benzene rings is 1. The Bertz CT molecular complexity index is 816. The summed E-state index contributed by atoms with van der Waals surface area (Å²) in [5.41, 5.74) is 0.0507. The summed E-state index contributed by atoms with van der Waals surface area (Å²) in [5, 5.41) is 0. The van der Waals surface area contributed by atoms with Gasteiger partial charge in [0.05, 0.1) is 6.42 Å². The second kappa shape index (κ2) is 7.81. The van der Waals surface area contributed by atoms with E-state index in [1.54, 1.807) is 4.90 Å². The Morgan fingerprint density at radius 1 is 1.22 bits per heavy atom. The Labute approximate surface area is 158 Å². The molecule has 2 atom stereocenters. The highest BCUT2D eigenvalue weighted by molar-refractivity contribution is 7.86. The van der Waals surface area contributed by atoms with Crippen molar-refractivity contribution in [2.24, 2.45) is 5.92 Å². The molecule has 0 aliphatic carbocycles. The molecule has 0 saturated carbocycles. The van der Waals surface area contributed by atoms with Crippen LogP contribution in [-0.4, -0.2) is 67.6 Å². The molecule has 0 N–H and O–H groups in total. The Morgan fingerprint density at radius 2 is 1.96 bits per heavy atom. The minimum Gasteiger partial charge on any atom is -0.339 e. The first-order valence-corrected chi connectivity index (χ1v) is 10.5. The quantitative estimate of drug-likeness (QED) is 0.771. The van der Waals surface area contributed by atoms with Crippen molar-refractivity contribution >= 4 is 16.1 Å². The maximum atomic E-state index is 13.9. The fourth-order valence-electron chi connectivity index (χ4n) is 4.06. The van der Waals surface area contributed by atoms with E-state index in [-0.39, 0.29) is 29.9 Å². The SMILES string of the molecule is CN(C)S(=O)(=O)N1CC[C@@H]2[C@@H](CCCN2C(=O)Cc2cc(F)ccc2F)C1. The molecule has 2 heterocycles. The van der Waals surface area contributed by atoms with Crippen LogP contribution >= 0.6 is 0 Å². The van der Waals surface area contributed by atoms with Crippen LogP contribution in [0, 0.1) is 17.6 Å². The second-order valence-corrected chi connectivity index (χ2v) is 9.55. The molecule has 1 aromatic rings. The molecule has 6 nitrogen and oxygen atoms in total. The zero-order valence-electron chi connectivity index (χ0n) is 15.6. The highest BCUT2D eigenvalue weighted by Gasteiger charge is 2.41. The maximum Gasteiger partial charge on any atom is 0.281 e. The molecule has 0 radical (unpaired) electrons. The number of likely N-dealkylation sites (tertiary alicyclic amines) is 1. The van der Waals surface area contributed by atoms with Gasteiger partial charge in [0, 0.05) is 45.3 Å². The van der Waals surface area contributed by atoms with Crippen molar-refractivity contribution in [1.82, 2.24) is 13.5 Å². The molecule has 0 unspecified atom stereocenters. The predicted octanol–water partition coefficient (Wildman–Crippen LogP) is 1.63. The van der Waals surface area contributed by atoms with E-state index < -0.39 is 21.8 Å². The van der Waals surface area contributed by atoms with Gasteiger partial charge in [0.1, 0.15) is 11.6 Å². The molecule has 2 fully saturated rings. The van der Waals surface area contributed by atoms with Crippen LogP contribution in [0.25, 0.3) is 0 Å². The molecule has 9 heteroatoms. The van der Waals surface area contributed by atoms with Gasteiger partial charge in [-0.15, -0.1) is 0 Å². The van der Waals surface area contributed by atoms with Crippen molar-refractivity contribution in [3.63, 3.8) is 0 Å². The first kappa shape index (κ1) is 20.2. The predicted molar refractivity (Wildman–Crippen MR) is 97.1 cm³/mol. The number of rotatable bonds is 4. The van der Waals surface area contributed by atoms with Crippen molar-refractivity contribution in [3.05, 3.63) is 35.4 Å². The Morgan fingerprint density at radius 3 is 2.67 bits per heavy atom. The summed E-state index contributed by atoms with van der Waals surface area (Å²) < 4.78 is 54.7. The first-order chi connectivity index (χ1) is 12.7. The number of fused-ring (bicyclic) bond motifs is 1. The van der Waals surface area contributed by atoms with Crippen LogP contribution in [0.5, 0.6) is 0 Å². The van der Waals surface area contributed by atoms with Crippen molar-refractivity contribution in [2.45, 2.75) is 31.7 Å². The monoisotopic (exact) mass is 401 g/mol. The van der Waals surface area contributed by atoms with Crippen LogP contribution in [0.15, 0.2) is 18.2 Å². The van der Waals surface area contributed by atoms with Gasteiger partial charge in [0.15, 0.2) is 0 Å². The van der Waals surface area contributed by atoms with Gasteiger partial charge in [0.2, 0.25) is 5.91 Å². The molecule has 27 heavy (non-hydrogen) atoms.